The van der Waals surface area contributed by atoms with E-state index in [0.29, 0.717) is 24.4 Å². The van der Waals surface area contributed by atoms with Crippen molar-refractivity contribution in [2.45, 2.75) is 26.9 Å². The lowest BCUT2D eigenvalue weighted by molar-refractivity contribution is 0.0746. The van der Waals surface area contributed by atoms with E-state index in [4.69, 9.17) is 10.5 Å². The third kappa shape index (κ3) is 4.44. The van der Waals surface area contributed by atoms with Crippen LogP contribution in [0.4, 0.5) is 5.69 Å². The molecule has 0 bridgehead atoms. The molecule has 0 aliphatic carbocycles. The van der Waals surface area contributed by atoms with Crippen LogP contribution in [-0.4, -0.2) is 25.2 Å². The van der Waals surface area contributed by atoms with Gasteiger partial charge in [-0.1, -0.05) is 6.07 Å². The molecule has 0 unspecified atom stereocenters. The number of ether oxygens (including phenoxy) is 1. The van der Waals surface area contributed by atoms with Gasteiger partial charge in [0.25, 0.3) is 5.91 Å². The molecule has 4 heteroatoms. The summed E-state index contributed by atoms with van der Waals surface area (Å²) in [7, 11) is 0. The van der Waals surface area contributed by atoms with Crippen LogP contribution in [0, 0.1) is 6.92 Å². The molecule has 0 radical (unpaired) electrons. The van der Waals surface area contributed by atoms with E-state index in [2.05, 4.69) is 5.32 Å². The van der Waals surface area contributed by atoms with Gasteiger partial charge in [0.05, 0.1) is 12.7 Å². The van der Waals surface area contributed by atoms with E-state index in [9.17, 15) is 4.79 Å². The molecule has 0 aliphatic heterocycles. The Morgan fingerprint density at radius 3 is 2.82 bits per heavy atom. The average Bonchev–Trinajstić information content (AvgIpc) is 2.27. The largest absolute Gasteiger partial charge is 0.399 e. The van der Waals surface area contributed by atoms with Crippen molar-refractivity contribution < 1.29 is 9.53 Å². The van der Waals surface area contributed by atoms with Crippen LogP contribution in [0.3, 0.4) is 0 Å². The van der Waals surface area contributed by atoms with Gasteiger partial charge in [-0.05, 0) is 38.5 Å². The Morgan fingerprint density at radius 1 is 1.47 bits per heavy atom. The Hall–Kier alpha value is -1.55. The summed E-state index contributed by atoms with van der Waals surface area (Å²) in [6.45, 7) is 6.84. The first kappa shape index (κ1) is 13.5. The van der Waals surface area contributed by atoms with Gasteiger partial charge in [-0.2, -0.15) is 0 Å². The first-order valence-corrected chi connectivity index (χ1v) is 5.76. The monoisotopic (exact) mass is 236 g/mol. The van der Waals surface area contributed by atoms with Gasteiger partial charge in [-0.15, -0.1) is 0 Å². The Labute approximate surface area is 102 Å². The van der Waals surface area contributed by atoms with Crippen molar-refractivity contribution in [2.24, 2.45) is 0 Å². The molecule has 0 aromatic heterocycles. The molecular weight excluding hydrogens is 216 g/mol. The maximum absolute atomic E-state index is 11.8. The molecule has 1 amide bonds. The van der Waals surface area contributed by atoms with Gasteiger partial charge < -0.3 is 15.8 Å². The van der Waals surface area contributed by atoms with Crippen LogP contribution in [0.15, 0.2) is 18.2 Å². The fourth-order valence-electron chi connectivity index (χ4n) is 1.44. The zero-order valence-corrected chi connectivity index (χ0v) is 10.6. The molecule has 0 saturated carbocycles. The normalized spacial score (nSPS) is 10.6. The highest BCUT2D eigenvalue weighted by Crippen LogP contribution is 2.12. The molecule has 1 aromatic carbocycles. The Balaban J connectivity index is 2.49. The third-order valence-electron chi connectivity index (χ3n) is 2.35. The van der Waals surface area contributed by atoms with Crippen LogP contribution < -0.4 is 11.1 Å². The Kier molecular flexibility index (Phi) is 4.97. The molecule has 0 fully saturated rings. The lowest BCUT2D eigenvalue weighted by Gasteiger charge is -2.10. The summed E-state index contributed by atoms with van der Waals surface area (Å²) in [5, 5.41) is 2.80. The number of hydrogen-bond donors (Lipinski definition) is 2. The van der Waals surface area contributed by atoms with Crippen LogP contribution >= 0.6 is 0 Å². The number of rotatable bonds is 5. The summed E-state index contributed by atoms with van der Waals surface area (Å²) >= 11 is 0. The van der Waals surface area contributed by atoms with Crippen molar-refractivity contribution in [3.8, 4) is 0 Å². The molecule has 1 rings (SSSR count). The van der Waals surface area contributed by atoms with Crippen molar-refractivity contribution in [3.05, 3.63) is 29.3 Å². The lowest BCUT2D eigenvalue weighted by atomic mass is 10.1. The highest BCUT2D eigenvalue weighted by molar-refractivity contribution is 5.96. The first-order valence-electron chi connectivity index (χ1n) is 5.76. The van der Waals surface area contributed by atoms with Gasteiger partial charge in [0.1, 0.15) is 0 Å². The molecule has 0 atom stereocenters. The lowest BCUT2D eigenvalue weighted by Crippen LogP contribution is -2.28. The molecule has 3 N–H and O–H groups in total. The van der Waals surface area contributed by atoms with Gasteiger partial charge in [0.15, 0.2) is 0 Å². The van der Waals surface area contributed by atoms with Crippen LogP contribution in [-0.2, 0) is 4.74 Å². The second-order valence-electron chi connectivity index (χ2n) is 4.25. The smallest absolute Gasteiger partial charge is 0.251 e. The fourth-order valence-corrected chi connectivity index (χ4v) is 1.44. The standard InChI is InChI=1S/C13H20N2O2/c1-9(2)17-7-6-15-13(16)12-8-11(14)5-4-10(12)3/h4-5,8-9H,6-7,14H2,1-3H3,(H,15,16). The van der Waals surface area contributed by atoms with Crippen LogP contribution in [0.5, 0.6) is 0 Å². The van der Waals surface area contributed by atoms with Crippen LogP contribution in [0.25, 0.3) is 0 Å². The highest BCUT2D eigenvalue weighted by atomic mass is 16.5. The summed E-state index contributed by atoms with van der Waals surface area (Å²) in [5.74, 6) is -0.109. The zero-order valence-electron chi connectivity index (χ0n) is 10.6. The van der Waals surface area contributed by atoms with Crippen LogP contribution in [0.2, 0.25) is 0 Å². The Bertz CT molecular complexity index is 389. The molecule has 94 valence electrons. The van der Waals surface area contributed by atoms with E-state index in [1.807, 2.05) is 26.8 Å². The van der Waals surface area contributed by atoms with Crippen molar-refractivity contribution in [3.63, 3.8) is 0 Å². The minimum Gasteiger partial charge on any atom is -0.399 e. The molecule has 0 saturated heterocycles. The average molecular weight is 236 g/mol. The number of benzene rings is 1. The van der Waals surface area contributed by atoms with E-state index in [1.54, 1.807) is 12.1 Å². The zero-order chi connectivity index (χ0) is 12.8. The summed E-state index contributed by atoms with van der Waals surface area (Å²) in [6, 6.07) is 5.32. The van der Waals surface area contributed by atoms with Crippen LogP contribution in [0.1, 0.15) is 29.8 Å². The molecule has 17 heavy (non-hydrogen) atoms. The molecular formula is C13H20N2O2. The number of nitrogens with one attached hydrogen (secondary N) is 1. The summed E-state index contributed by atoms with van der Waals surface area (Å²) < 4.78 is 5.34. The van der Waals surface area contributed by atoms with E-state index in [-0.39, 0.29) is 12.0 Å². The first-order chi connectivity index (χ1) is 8.00. The maximum atomic E-state index is 11.8. The molecule has 1 aromatic rings. The number of nitrogens with two attached hydrogens (primary N) is 1. The van der Waals surface area contributed by atoms with Gasteiger partial charge in [0, 0.05) is 17.8 Å². The molecule has 0 aliphatic rings. The van der Waals surface area contributed by atoms with E-state index in [1.165, 1.54) is 0 Å². The maximum Gasteiger partial charge on any atom is 0.251 e. The second-order valence-corrected chi connectivity index (χ2v) is 4.25. The summed E-state index contributed by atoms with van der Waals surface area (Å²) in [4.78, 5) is 11.8. The predicted molar refractivity (Wildman–Crippen MR) is 69.0 cm³/mol. The fraction of sp³-hybridized carbons (Fsp3) is 0.462. The molecule has 4 nitrogen and oxygen atoms in total. The van der Waals surface area contributed by atoms with E-state index in [0.717, 1.165) is 5.56 Å². The predicted octanol–water partition coefficient (Wildman–Crippen LogP) is 1.73. The number of hydrogen-bond acceptors (Lipinski definition) is 3. The van der Waals surface area contributed by atoms with Gasteiger partial charge in [-0.25, -0.2) is 0 Å². The minimum absolute atomic E-state index is 0.109. The van der Waals surface area contributed by atoms with Crippen molar-refractivity contribution in [1.29, 1.82) is 0 Å². The second kappa shape index (κ2) is 6.25. The quantitative estimate of drug-likeness (QED) is 0.604. The van der Waals surface area contributed by atoms with Gasteiger partial charge >= 0.3 is 0 Å². The summed E-state index contributed by atoms with van der Waals surface area (Å²) in [5.41, 5.74) is 7.79. The number of carbonyl (C=O) groups is 1. The Morgan fingerprint density at radius 2 is 2.18 bits per heavy atom. The highest BCUT2D eigenvalue weighted by Gasteiger charge is 2.08. The third-order valence-corrected chi connectivity index (χ3v) is 2.35. The minimum atomic E-state index is -0.109. The van der Waals surface area contributed by atoms with Gasteiger partial charge in [0.2, 0.25) is 0 Å². The van der Waals surface area contributed by atoms with Crippen molar-refractivity contribution in [2.75, 3.05) is 18.9 Å². The molecule has 0 spiro atoms. The number of carbonyl (C=O) groups excluding carboxylic acids is 1. The van der Waals surface area contributed by atoms with E-state index < -0.39 is 0 Å². The number of amides is 1. The van der Waals surface area contributed by atoms with E-state index >= 15 is 0 Å². The number of nitrogen functional groups attached to an aromatic ring is 1. The summed E-state index contributed by atoms with van der Waals surface area (Å²) in [6.07, 6.45) is 0.181. The number of aryl methyl sites for hydroxylation is 1. The topological polar surface area (TPSA) is 64.4 Å². The van der Waals surface area contributed by atoms with Crippen molar-refractivity contribution in [1.82, 2.24) is 5.32 Å². The van der Waals surface area contributed by atoms with Crippen molar-refractivity contribution >= 4 is 11.6 Å². The SMILES string of the molecule is Cc1ccc(N)cc1C(=O)NCCOC(C)C. The number of anilines is 1. The molecule has 0 heterocycles. The van der Waals surface area contributed by atoms with Gasteiger partial charge in [-0.3, -0.25) is 4.79 Å².